The second kappa shape index (κ2) is 7.00. The monoisotopic (exact) mass is 359 g/mol. The molecule has 2 aliphatic heterocycles. The smallest absolute Gasteiger partial charge is 0.254 e. The Kier molecular flexibility index (Phi) is 4.73. The molecule has 2 amide bonds. The Hall–Kier alpha value is -1.53. The van der Waals surface area contributed by atoms with Crippen LogP contribution in [0.2, 0.25) is 0 Å². The summed E-state index contributed by atoms with van der Waals surface area (Å²) in [4.78, 5) is 30.3. The maximum absolute atomic E-state index is 12.8. The van der Waals surface area contributed by atoms with Crippen molar-refractivity contribution in [2.75, 3.05) is 31.5 Å². The van der Waals surface area contributed by atoms with E-state index in [-0.39, 0.29) is 17.1 Å². The van der Waals surface area contributed by atoms with E-state index in [9.17, 15) is 9.59 Å². The van der Waals surface area contributed by atoms with Crippen LogP contribution in [0, 0.1) is 0 Å². The first kappa shape index (κ1) is 16.9. The number of nitrogens with zero attached hydrogens (tertiary/aromatic N) is 2. The molecule has 6 heteroatoms. The van der Waals surface area contributed by atoms with Gasteiger partial charge < -0.3 is 10.2 Å². The minimum Gasteiger partial charge on any atom is -0.336 e. The number of carbonyl (C=O) groups excluding carboxylic acids is 2. The summed E-state index contributed by atoms with van der Waals surface area (Å²) in [6.07, 6.45) is 5.33. The average molecular weight is 359 g/mol. The molecule has 2 fully saturated rings. The van der Waals surface area contributed by atoms with Crippen molar-refractivity contribution in [3.63, 3.8) is 0 Å². The fraction of sp³-hybridized carbons (Fsp3) is 0.579. The van der Waals surface area contributed by atoms with E-state index in [1.54, 1.807) is 11.8 Å². The highest BCUT2D eigenvalue weighted by molar-refractivity contribution is 8.00. The molecule has 134 valence electrons. The van der Waals surface area contributed by atoms with E-state index in [2.05, 4.69) is 10.2 Å². The minimum absolute atomic E-state index is 0.00674. The third-order valence-corrected chi connectivity index (χ3v) is 6.78. The van der Waals surface area contributed by atoms with E-state index in [4.69, 9.17) is 0 Å². The van der Waals surface area contributed by atoms with Crippen LogP contribution in [0.3, 0.4) is 0 Å². The summed E-state index contributed by atoms with van der Waals surface area (Å²) in [6.45, 7) is 5.44. The van der Waals surface area contributed by atoms with Crippen LogP contribution in [0.1, 0.15) is 43.0 Å². The molecule has 5 nitrogen and oxygen atoms in total. The molecule has 0 bridgehead atoms. The lowest BCUT2D eigenvalue weighted by Crippen LogP contribution is -2.51. The molecule has 1 aliphatic carbocycles. The summed E-state index contributed by atoms with van der Waals surface area (Å²) in [5.41, 5.74) is 1.44. The van der Waals surface area contributed by atoms with Crippen molar-refractivity contribution in [3.05, 3.63) is 23.8 Å². The highest BCUT2D eigenvalue weighted by atomic mass is 32.2. The van der Waals surface area contributed by atoms with Crippen molar-refractivity contribution >= 4 is 29.3 Å². The Morgan fingerprint density at radius 3 is 2.60 bits per heavy atom. The fourth-order valence-electron chi connectivity index (χ4n) is 4.08. The first-order valence-corrected chi connectivity index (χ1v) is 10.1. The Morgan fingerprint density at radius 1 is 1.16 bits per heavy atom. The number of thioether (sulfide) groups is 1. The molecule has 1 N–H and O–H groups in total. The summed E-state index contributed by atoms with van der Waals surface area (Å²) in [6, 6.07) is 6.41. The lowest BCUT2D eigenvalue weighted by atomic mass is 10.1. The van der Waals surface area contributed by atoms with Gasteiger partial charge >= 0.3 is 0 Å². The van der Waals surface area contributed by atoms with Gasteiger partial charge in [-0.15, -0.1) is 11.8 Å². The van der Waals surface area contributed by atoms with Gasteiger partial charge in [0.2, 0.25) is 5.91 Å². The quantitative estimate of drug-likeness (QED) is 0.882. The number of hydrogen-bond donors (Lipinski definition) is 1. The molecular weight excluding hydrogens is 334 g/mol. The van der Waals surface area contributed by atoms with Crippen LogP contribution in [-0.2, 0) is 4.79 Å². The summed E-state index contributed by atoms with van der Waals surface area (Å²) in [7, 11) is 0. The van der Waals surface area contributed by atoms with Crippen molar-refractivity contribution in [2.24, 2.45) is 0 Å². The zero-order valence-electron chi connectivity index (χ0n) is 14.7. The van der Waals surface area contributed by atoms with Gasteiger partial charge in [0, 0.05) is 42.7 Å². The molecule has 0 spiro atoms. The Balaban J connectivity index is 1.42. The fourth-order valence-corrected chi connectivity index (χ4v) is 5.01. The predicted molar refractivity (Wildman–Crippen MR) is 100 cm³/mol. The molecule has 1 saturated heterocycles. The van der Waals surface area contributed by atoms with Crippen LogP contribution in [0.5, 0.6) is 0 Å². The summed E-state index contributed by atoms with van der Waals surface area (Å²) in [5.74, 6) is 0.0824. The number of nitrogens with one attached hydrogen (secondary N) is 1. The Labute approximate surface area is 153 Å². The molecule has 0 aromatic heterocycles. The number of benzene rings is 1. The molecule has 1 saturated carbocycles. The topological polar surface area (TPSA) is 52.7 Å². The van der Waals surface area contributed by atoms with Crippen molar-refractivity contribution < 1.29 is 9.59 Å². The maximum Gasteiger partial charge on any atom is 0.254 e. The summed E-state index contributed by atoms with van der Waals surface area (Å²) >= 11 is 1.55. The van der Waals surface area contributed by atoms with Gasteiger partial charge in [0.25, 0.3) is 5.91 Å². The number of carbonyl (C=O) groups is 2. The van der Waals surface area contributed by atoms with Gasteiger partial charge in [-0.3, -0.25) is 14.5 Å². The van der Waals surface area contributed by atoms with E-state index in [1.165, 1.54) is 25.7 Å². The lowest BCUT2D eigenvalue weighted by Gasteiger charge is -2.38. The number of rotatable bonds is 2. The van der Waals surface area contributed by atoms with E-state index >= 15 is 0 Å². The van der Waals surface area contributed by atoms with Crippen LogP contribution in [-0.4, -0.2) is 59.1 Å². The van der Waals surface area contributed by atoms with Gasteiger partial charge in [0.15, 0.2) is 0 Å². The van der Waals surface area contributed by atoms with Gasteiger partial charge in [-0.25, -0.2) is 0 Å². The number of fused-ring (bicyclic) bond motifs is 1. The van der Waals surface area contributed by atoms with E-state index in [0.29, 0.717) is 5.56 Å². The highest BCUT2D eigenvalue weighted by Gasteiger charge is 2.29. The average Bonchev–Trinajstić information content (AvgIpc) is 3.16. The number of piperazine rings is 1. The number of anilines is 1. The van der Waals surface area contributed by atoms with Crippen molar-refractivity contribution in [1.82, 2.24) is 9.80 Å². The molecule has 0 radical (unpaired) electrons. The van der Waals surface area contributed by atoms with E-state index in [0.717, 1.165) is 42.8 Å². The van der Waals surface area contributed by atoms with Crippen molar-refractivity contribution in [2.45, 2.75) is 48.8 Å². The molecular formula is C19H25N3O2S. The Morgan fingerprint density at radius 2 is 1.88 bits per heavy atom. The largest absolute Gasteiger partial charge is 0.336 e. The molecule has 4 rings (SSSR count). The van der Waals surface area contributed by atoms with Crippen LogP contribution in [0.25, 0.3) is 0 Å². The van der Waals surface area contributed by atoms with E-state index in [1.807, 2.05) is 30.0 Å². The van der Waals surface area contributed by atoms with Gasteiger partial charge in [0.1, 0.15) is 0 Å². The number of hydrogen-bond acceptors (Lipinski definition) is 4. The minimum atomic E-state index is -0.0854. The van der Waals surface area contributed by atoms with Gasteiger partial charge in [-0.2, -0.15) is 0 Å². The third-order valence-electron chi connectivity index (χ3n) is 5.60. The second-order valence-corrected chi connectivity index (χ2v) is 8.61. The molecule has 25 heavy (non-hydrogen) atoms. The molecule has 3 aliphatic rings. The van der Waals surface area contributed by atoms with Crippen LogP contribution in [0.15, 0.2) is 23.1 Å². The number of amides is 2. The predicted octanol–water partition coefficient (Wildman–Crippen LogP) is 2.82. The second-order valence-electron chi connectivity index (χ2n) is 7.23. The van der Waals surface area contributed by atoms with Crippen molar-refractivity contribution in [3.8, 4) is 0 Å². The highest BCUT2D eigenvalue weighted by Crippen LogP contribution is 2.36. The van der Waals surface area contributed by atoms with Crippen LogP contribution in [0.4, 0.5) is 5.69 Å². The van der Waals surface area contributed by atoms with Crippen LogP contribution >= 0.6 is 11.8 Å². The summed E-state index contributed by atoms with van der Waals surface area (Å²) in [5, 5.41) is 2.83. The third kappa shape index (κ3) is 3.42. The van der Waals surface area contributed by atoms with Gasteiger partial charge in [0.05, 0.1) is 10.9 Å². The first-order valence-electron chi connectivity index (χ1n) is 9.27. The normalized spacial score (nSPS) is 24.9. The van der Waals surface area contributed by atoms with Crippen molar-refractivity contribution in [1.29, 1.82) is 0 Å². The summed E-state index contributed by atoms with van der Waals surface area (Å²) < 4.78 is 0. The molecule has 1 unspecified atom stereocenters. The molecule has 1 aromatic rings. The van der Waals surface area contributed by atoms with Crippen LogP contribution < -0.4 is 5.32 Å². The standard InChI is InChI=1S/C19H25N3O2S/c1-13-18(23)20-16-12-14(6-7-17(16)25-13)19(24)22-10-8-21(9-11-22)15-4-2-3-5-15/h6-7,12-13,15H,2-5,8-11H2,1H3,(H,20,23). The SMILES string of the molecule is CC1Sc2ccc(C(=O)N3CCN(C4CCCC4)CC3)cc2NC1=O. The van der Waals surface area contributed by atoms with Gasteiger partial charge in [-0.05, 0) is 38.0 Å². The lowest BCUT2D eigenvalue weighted by molar-refractivity contribution is -0.115. The Bertz CT molecular complexity index is 679. The first-order chi connectivity index (χ1) is 12.1. The van der Waals surface area contributed by atoms with E-state index < -0.39 is 0 Å². The zero-order valence-corrected chi connectivity index (χ0v) is 15.5. The molecule has 1 aromatic carbocycles. The molecule has 2 heterocycles. The zero-order chi connectivity index (χ0) is 17.4. The molecule has 1 atom stereocenters. The van der Waals surface area contributed by atoms with Gasteiger partial charge in [-0.1, -0.05) is 12.8 Å². The maximum atomic E-state index is 12.8.